The second kappa shape index (κ2) is 7.55. The average molecular weight is 330 g/mol. The highest BCUT2D eigenvalue weighted by Gasteiger charge is 2.16. The van der Waals surface area contributed by atoms with Crippen LogP contribution in [0.3, 0.4) is 0 Å². The van der Waals surface area contributed by atoms with E-state index >= 15 is 0 Å². The molecule has 0 unspecified atom stereocenters. The first-order valence-electron chi connectivity index (χ1n) is 6.37. The number of aliphatic carboxylic acids is 1. The summed E-state index contributed by atoms with van der Waals surface area (Å²) in [5, 5.41) is 15.1. The summed E-state index contributed by atoms with van der Waals surface area (Å²) in [4.78, 5) is 31.7. The molecule has 0 spiro atoms. The van der Waals surface area contributed by atoms with Gasteiger partial charge in [-0.2, -0.15) is 0 Å². The Labute approximate surface area is 137 Å². The van der Waals surface area contributed by atoms with Gasteiger partial charge in [0.05, 0.1) is 10.6 Å². The van der Waals surface area contributed by atoms with E-state index in [9.17, 15) is 9.59 Å². The molecule has 0 aliphatic heterocycles. The standard InChI is InChI=1S/C14H11BN2O5S/c1-8-16-11(7-23-8)12(13(18)19)17-21-6-9-3-2-4-10(5-9)14(20)22-15/h2-5,7H,6H2,1H3,(H,18,19)/b17-12-. The minimum absolute atomic E-state index is 0.0222. The summed E-state index contributed by atoms with van der Waals surface area (Å²) in [6.07, 6.45) is 0. The molecule has 9 heteroatoms. The highest BCUT2D eigenvalue weighted by atomic mass is 32.1. The lowest BCUT2D eigenvalue weighted by Crippen LogP contribution is -2.15. The summed E-state index contributed by atoms with van der Waals surface area (Å²) >= 11 is 1.31. The highest BCUT2D eigenvalue weighted by Crippen LogP contribution is 2.11. The van der Waals surface area contributed by atoms with Gasteiger partial charge in [0, 0.05) is 5.38 Å². The molecule has 1 heterocycles. The molecule has 0 saturated carbocycles. The van der Waals surface area contributed by atoms with Gasteiger partial charge in [-0.1, -0.05) is 17.3 Å². The number of hydrogen-bond donors (Lipinski definition) is 1. The predicted molar refractivity (Wildman–Crippen MR) is 83.4 cm³/mol. The number of nitrogens with zero attached hydrogens (tertiary/aromatic N) is 2. The molecule has 116 valence electrons. The van der Waals surface area contributed by atoms with Crippen molar-refractivity contribution in [1.82, 2.24) is 4.98 Å². The molecule has 0 bridgehead atoms. The van der Waals surface area contributed by atoms with Crippen LogP contribution in [0.4, 0.5) is 0 Å². The molecule has 0 aliphatic rings. The fourth-order valence-corrected chi connectivity index (χ4v) is 2.29. The van der Waals surface area contributed by atoms with Gasteiger partial charge in [0.2, 0.25) is 5.71 Å². The van der Waals surface area contributed by atoms with E-state index < -0.39 is 11.9 Å². The van der Waals surface area contributed by atoms with Gasteiger partial charge in [0.1, 0.15) is 12.3 Å². The largest absolute Gasteiger partial charge is 0.540 e. The maximum atomic E-state index is 11.3. The van der Waals surface area contributed by atoms with Crippen LogP contribution in [0.2, 0.25) is 0 Å². The number of carbonyl (C=O) groups excluding carboxylic acids is 1. The van der Waals surface area contributed by atoms with Crippen LogP contribution in [0.1, 0.15) is 26.6 Å². The van der Waals surface area contributed by atoms with Crippen LogP contribution in [0.25, 0.3) is 0 Å². The SMILES string of the molecule is [B]OC(=O)c1cccc(CO/N=C(\C(=O)O)c2csc(C)n2)c1. The Kier molecular flexibility index (Phi) is 5.48. The zero-order valence-corrected chi connectivity index (χ0v) is 12.9. The van der Waals surface area contributed by atoms with Gasteiger partial charge in [-0.15, -0.1) is 11.3 Å². The average Bonchev–Trinajstić information content (AvgIpc) is 2.96. The Hall–Kier alpha value is -2.68. The fraction of sp³-hybridized carbons (Fsp3) is 0.143. The zero-order valence-electron chi connectivity index (χ0n) is 12.1. The summed E-state index contributed by atoms with van der Waals surface area (Å²) in [6, 6.07) is 6.35. The maximum Gasteiger partial charge on any atom is 0.378 e. The quantitative estimate of drug-likeness (QED) is 0.492. The molecule has 2 rings (SSSR count). The van der Waals surface area contributed by atoms with Gasteiger partial charge in [-0.05, 0) is 24.6 Å². The van der Waals surface area contributed by atoms with E-state index in [1.807, 2.05) is 0 Å². The third-order valence-electron chi connectivity index (χ3n) is 2.72. The molecule has 7 nitrogen and oxygen atoms in total. The first-order chi connectivity index (χ1) is 11.0. The summed E-state index contributed by atoms with van der Waals surface area (Å²) in [5.74, 6) is -1.92. The van der Waals surface area contributed by atoms with Crippen molar-refractivity contribution in [3.8, 4) is 0 Å². The van der Waals surface area contributed by atoms with Crippen LogP contribution in [0, 0.1) is 6.92 Å². The van der Waals surface area contributed by atoms with Crippen LogP contribution >= 0.6 is 11.3 Å². The van der Waals surface area contributed by atoms with Crippen molar-refractivity contribution >= 4 is 37.0 Å². The van der Waals surface area contributed by atoms with Crippen molar-refractivity contribution in [2.45, 2.75) is 13.5 Å². The molecule has 0 atom stereocenters. The minimum atomic E-state index is -1.24. The molecule has 1 aromatic heterocycles. The predicted octanol–water partition coefficient (Wildman–Crippen LogP) is 1.70. The number of carboxylic acids is 1. The van der Waals surface area contributed by atoms with E-state index in [0.717, 1.165) is 5.01 Å². The summed E-state index contributed by atoms with van der Waals surface area (Å²) < 4.78 is 4.13. The molecule has 0 fully saturated rings. The molecule has 1 aromatic carbocycles. The zero-order chi connectivity index (χ0) is 16.8. The molecule has 1 N–H and O–H groups in total. The Morgan fingerprint density at radius 3 is 2.83 bits per heavy atom. The summed E-state index contributed by atoms with van der Waals surface area (Å²) in [5.41, 5.74) is 0.814. The second-order valence-electron chi connectivity index (χ2n) is 4.38. The Morgan fingerprint density at radius 2 is 2.22 bits per heavy atom. The number of aryl methyl sites for hydroxylation is 1. The number of carboxylic acid groups (broad SMARTS) is 1. The maximum absolute atomic E-state index is 11.3. The molecule has 0 aliphatic carbocycles. The Balaban J connectivity index is 2.10. The van der Waals surface area contributed by atoms with E-state index in [-0.39, 0.29) is 23.6 Å². The van der Waals surface area contributed by atoms with Crippen LogP contribution in [-0.4, -0.2) is 35.8 Å². The van der Waals surface area contributed by atoms with Gasteiger partial charge >= 0.3 is 20.0 Å². The number of thiazole rings is 1. The molecular weight excluding hydrogens is 319 g/mol. The molecule has 2 radical (unpaired) electrons. The lowest BCUT2D eigenvalue weighted by Gasteiger charge is -2.04. The van der Waals surface area contributed by atoms with Crippen molar-refractivity contribution in [1.29, 1.82) is 0 Å². The van der Waals surface area contributed by atoms with Gasteiger partial charge < -0.3 is 14.6 Å². The normalized spacial score (nSPS) is 11.1. The van der Waals surface area contributed by atoms with Crippen molar-refractivity contribution in [3.05, 3.63) is 51.5 Å². The second-order valence-corrected chi connectivity index (χ2v) is 5.44. The molecule has 2 aromatic rings. The van der Waals surface area contributed by atoms with Gasteiger partial charge in [0.25, 0.3) is 0 Å². The molecule has 23 heavy (non-hydrogen) atoms. The molecule has 0 amide bonds. The Morgan fingerprint density at radius 1 is 1.43 bits per heavy atom. The number of aromatic nitrogens is 1. The summed E-state index contributed by atoms with van der Waals surface area (Å²) in [6.45, 7) is 1.74. The van der Waals surface area contributed by atoms with E-state index in [1.165, 1.54) is 23.5 Å². The minimum Gasteiger partial charge on any atom is -0.540 e. The monoisotopic (exact) mass is 330 g/mol. The van der Waals surface area contributed by atoms with Crippen molar-refractivity contribution in [2.24, 2.45) is 5.16 Å². The van der Waals surface area contributed by atoms with Crippen molar-refractivity contribution < 1.29 is 24.2 Å². The summed E-state index contributed by atoms with van der Waals surface area (Å²) in [7, 11) is 4.82. The number of hydrogen-bond acceptors (Lipinski definition) is 7. The number of oxime groups is 1. The third kappa shape index (κ3) is 4.40. The van der Waals surface area contributed by atoms with E-state index in [0.29, 0.717) is 5.56 Å². The number of benzene rings is 1. The molecule has 0 saturated heterocycles. The van der Waals surface area contributed by atoms with Crippen LogP contribution in [-0.2, 0) is 20.9 Å². The fourth-order valence-electron chi connectivity index (χ4n) is 1.70. The first-order valence-corrected chi connectivity index (χ1v) is 7.25. The molecular formula is C14H11BN2O5S. The van der Waals surface area contributed by atoms with Gasteiger partial charge in [0.15, 0.2) is 0 Å². The van der Waals surface area contributed by atoms with Gasteiger partial charge in [-0.25, -0.2) is 14.6 Å². The van der Waals surface area contributed by atoms with Crippen molar-refractivity contribution in [3.63, 3.8) is 0 Å². The smallest absolute Gasteiger partial charge is 0.378 e. The highest BCUT2D eigenvalue weighted by molar-refractivity contribution is 7.09. The van der Waals surface area contributed by atoms with Crippen LogP contribution in [0.5, 0.6) is 0 Å². The van der Waals surface area contributed by atoms with Crippen molar-refractivity contribution in [2.75, 3.05) is 0 Å². The van der Waals surface area contributed by atoms with Gasteiger partial charge in [-0.3, -0.25) is 0 Å². The lowest BCUT2D eigenvalue weighted by molar-refractivity contribution is -0.129. The number of rotatable bonds is 6. The van der Waals surface area contributed by atoms with Crippen LogP contribution in [0.15, 0.2) is 34.8 Å². The first kappa shape index (κ1) is 16.7. The topological polar surface area (TPSA) is 98.1 Å². The third-order valence-corrected chi connectivity index (χ3v) is 3.49. The van der Waals surface area contributed by atoms with E-state index in [1.54, 1.807) is 24.4 Å². The number of carbonyl (C=O) groups is 2. The van der Waals surface area contributed by atoms with E-state index in [2.05, 4.69) is 14.8 Å². The lowest BCUT2D eigenvalue weighted by atomic mass is 10.1. The van der Waals surface area contributed by atoms with Crippen LogP contribution < -0.4 is 0 Å². The van der Waals surface area contributed by atoms with E-state index in [4.69, 9.17) is 18.0 Å². The Bertz CT molecular complexity index is 759.